The minimum atomic E-state index is -0.563. The summed E-state index contributed by atoms with van der Waals surface area (Å²) in [7, 11) is 0. The van der Waals surface area contributed by atoms with Crippen molar-refractivity contribution in [3.63, 3.8) is 0 Å². The van der Waals surface area contributed by atoms with E-state index in [1.54, 1.807) is 60.4 Å². The van der Waals surface area contributed by atoms with E-state index in [2.05, 4.69) is 4.99 Å². The standard InChI is InChI=1S/C24H28N4O5/c1-16(22(30)32-15-21(29)28-13-3-2-4-14-28)17-7-11-20(12-8-17)33-23(31)18-5-9-19(10-6-18)27-24(25)26/h5-12,16H,2-4,13-15H2,1H3,(H4,25,26,27). The highest BCUT2D eigenvalue weighted by Crippen LogP contribution is 2.22. The maximum atomic E-state index is 12.4. The first-order valence-corrected chi connectivity index (χ1v) is 10.8. The number of benzene rings is 2. The number of hydrogen-bond donors (Lipinski definition) is 2. The lowest BCUT2D eigenvalue weighted by molar-refractivity contribution is -0.153. The molecular formula is C24H28N4O5. The number of rotatable bonds is 7. The van der Waals surface area contributed by atoms with Gasteiger partial charge in [0.1, 0.15) is 5.75 Å². The molecular weight excluding hydrogens is 424 g/mol. The molecule has 9 heteroatoms. The molecule has 0 saturated carbocycles. The predicted octanol–water partition coefficient (Wildman–Crippen LogP) is 2.47. The molecule has 2 aromatic rings. The molecule has 174 valence electrons. The molecule has 33 heavy (non-hydrogen) atoms. The predicted molar refractivity (Wildman–Crippen MR) is 123 cm³/mol. The van der Waals surface area contributed by atoms with Crippen molar-refractivity contribution in [1.29, 1.82) is 0 Å². The number of aliphatic imine (C=N–C) groups is 1. The number of hydrogen-bond acceptors (Lipinski definition) is 6. The van der Waals surface area contributed by atoms with E-state index in [4.69, 9.17) is 20.9 Å². The van der Waals surface area contributed by atoms with E-state index in [0.29, 0.717) is 35.7 Å². The monoisotopic (exact) mass is 452 g/mol. The van der Waals surface area contributed by atoms with Gasteiger partial charge in [-0.2, -0.15) is 0 Å². The Morgan fingerprint density at radius 3 is 2.21 bits per heavy atom. The lowest BCUT2D eigenvalue weighted by Crippen LogP contribution is -2.38. The normalized spacial score (nSPS) is 14.2. The summed E-state index contributed by atoms with van der Waals surface area (Å²) in [4.78, 5) is 42.5. The van der Waals surface area contributed by atoms with Gasteiger partial charge in [0, 0.05) is 13.1 Å². The van der Waals surface area contributed by atoms with Crippen LogP contribution in [0, 0.1) is 0 Å². The number of piperidine rings is 1. The number of nitrogens with zero attached hydrogens (tertiary/aromatic N) is 2. The zero-order valence-corrected chi connectivity index (χ0v) is 18.5. The van der Waals surface area contributed by atoms with Gasteiger partial charge in [-0.25, -0.2) is 9.79 Å². The van der Waals surface area contributed by atoms with Gasteiger partial charge in [-0.15, -0.1) is 0 Å². The molecule has 3 rings (SSSR count). The Hall–Kier alpha value is -3.88. The van der Waals surface area contributed by atoms with Gasteiger partial charge in [-0.05, 0) is 68.1 Å². The Morgan fingerprint density at radius 2 is 1.61 bits per heavy atom. The van der Waals surface area contributed by atoms with Crippen LogP contribution in [0.15, 0.2) is 53.5 Å². The first-order chi connectivity index (χ1) is 15.8. The molecule has 1 saturated heterocycles. The third kappa shape index (κ3) is 6.80. The summed E-state index contributed by atoms with van der Waals surface area (Å²) in [6, 6.07) is 12.9. The summed E-state index contributed by atoms with van der Waals surface area (Å²) in [6.45, 7) is 2.88. The van der Waals surface area contributed by atoms with Gasteiger partial charge < -0.3 is 25.8 Å². The molecule has 4 N–H and O–H groups in total. The first kappa shape index (κ1) is 23.8. The molecule has 1 aliphatic rings. The second kappa shape index (κ2) is 11.1. The van der Waals surface area contributed by atoms with Gasteiger partial charge in [0.15, 0.2) is 12.6 Å². The molecule has 1 aliphatic heterocycles. The van der Waals surface area contributed by atoms with Gasteiger partial charge in [0.25, 0.3) is 5.91 Å². The third-order valence-electron chi connectivity index (χ3n) is 5.35. The van der Waals surface area contributed by atoms with E-state index in [0.717, 1.165) is 19.3 Å². The largest absolute Gasteiger partial charge is 0.455 e. The van der Waals surface area contributed by atoms with Crippen LogP contribution in [0.2, 0.25) is 0 Å². The van der Waals surface area contributed by atoms with Crippen LogP contribution in [0.1, 0.15) is 48.0 Å². The van der Waals surface area contributed by atoms with Crippen molar-refractivity contribution in [2.24, 2.45) is 16.5 Å². The molecule has 1 atom stereocenters. The Labute approximate surface area is 192 Å². The van der Waals surface area contributed by atoms with Crippen LogP contribution >= 0.6 is 0 Å². The average Bonchev–Trinajstić information content (AvgIpc) is 2.83. The fourth-order valence-electron chi connectivity index (χ4n) is 3.44. The maximum absolute atomic E-state index is 12.4. The topological polar surface area (TPSA) is 137 Å². The number of ether oxygens (including phenoxy) is 2. The van der Waals surface area contributed by atoms with Gasteiger partial charge in [0.05, 0.1) is 17.2 Å². The minimum absolute atomic E-state index is 0.0721. The Bertz CT molecular complexity index is 1010. The van der Waals surface area contributed by atoms with Gasteiger partial charge in [-0.1, -0.05) is 12.1 Å². The highest BCUT2D eigenvalue weighted by atomic mass is 16.5. The van der Waals surface area contributed by atoms with Gasteiger partial charge in [-0.3, -0.25) is 9.59 Å². The van der Waals surface area contributed by atoms with E-state index < -0.39 is 17.9 Å². The second-order valence-corrected chi connectivity index (χ2v) is 7.81. The number of carbonyl (C=O) groups is 3. The summed E-state index contributed by atoms with van der Waals surface area (Å²) in [5, 5.41) is 0. The summed E-state index contributed by atoms with van der Waals surface area (Å²) < 4.78 is 10.6. The van der Waals surface area contributed by atoms with Crippen LogP contribution < -0.4 is 16.2 Å². The van der Waals surface area contributed by atoms with Crippen molar-refractivity contribution in [1.82, 2.24) is 4.90 Å². The fourth-order valence-corrected chi connectivity index (χ4v) is 3.44. The van der Waals surface area contributed by atoms with Crippen LogP contribution in [0.25, 0.3) is 0 Å². The highest BCUT2D eigenvalue weighted by Gasteiger charge is 2.21. The lowest BCUT2D eigenvalue weighted by atomic mass is 10.0. The molecule has 1 fully saturated rings. The smallest absolute Gasteiger partial charge is 0.343 e. The Kier molecular flexibility index (Phi) is 8.01. The van der Waals surface area contributed by atoms with Gasteiger partial charge in [0.2, 0.25) is 0 Å². The molecule has 0 radical (unpaired) electrons. The zero-order chi connectivity index (χ0) is 23.8. The molecule has 9 nitrogen and oxygen atoms in total. The SMILES string of the molecule is CC(C(=O)OCC(=O)N1CCCCC1)c1ccc(OC(=O)c2ccc(N=C(N)N)cc2)cc1. The molecule has 0 spiro atoms. The summed E-state index contributed by atoms with van der Waals surface area (Å²) in [6.07, 6.45) is 3.09. The average molecular weight is 453 g/mol. The van der Waals surface area contributed by atoms with E-state index in [-0.39, 0.29) is 18.5 Å². The number of esters is 2. The molecule has 0 bridgehead atoms. The molecule has 0 aliphatic carbocycles. The van der Waals surface area contributed by atoms with Crippen LogP contribution in [0.3, 0.4) is 0 Å². The zero-order valence-electron chi connectivity index (χ0n) is 18.5. The van der Waals surface area contributed by atoms with E-state index in [1.165, 1.54) is 0 Å². The third-order valence-corrected chi connectivity index (χ3v) is 5.35. The molecule has 0 aromatic heterocycles. The second-order valence-electron chi connectivity index (χ2n) is 7.81. The highest BCUT2D eigenvalue weighted by molar-refractivity contribution is 5.91. The molecule has 1 unspecified atom stereocenters. The van der Waals surface area contributed by atoms with Crippen molar-refractivity contribution < 1.29 is 23.9 Å². The quantitative estimate of drug-likeness (QED) is 0.285. The maximum Gasteiger partial charge on any atom is 0.343 e. The van der Waals surface area contributed by atoms with Gasteiger partial charge >= 0.3 is 11.9 Å². The van der Waals surface area contributed by atoms with Crippen molar-refractivity contribution in [2.45, 2.75) is 32.1 Å². The number of amides is 1. The Balaban J connectivity index is 1.52. The minimum Gasteiger partial charge on any atom is -0.455 e. The summed E-state index contributed by atoms with van der Waals surface area (Å²) in [5.41, 5.74) is 12.2. The van der Waals surface area contributed by atoms with Crippen LogP contribution in [0.5, 0.6) is 5.75 Å². The Morgan fingerprint density at radius 1 is 0.970 bits per heavy atom. The van der Waals surface area contributed by atoms with Crippen LogP contribution in [-0.2, 0) is 14.3 Å². The van der Waals surface area contributed by atoms with Crippen molar-refractivity contribution in [3.05, 3.63) is 59.7 Å². The van der Waals surface area contributed by atoms with E-state index in [9.17, 15) is 14.4 Å². The lowest BCUT2D eigenvalue weighted by Gasteiger charge is -2.26. The molecule has 1 heterocycles. The summed E-state index contributed by atoms with van der Waals surface area (Å²) in [5.74, 6) is -1.49. The van der Waals surface area contributed by atoms with Crippen LogP contribution in [-0.4, -0.2) is 48.4 Å². The number of guanidine groups is 1. The fraction of sp³-hybridized carbons (Fsp3) is 0.333. The first-order valence-electron chi connectivity index (χ1n) is 10.8. The van der Waals surface area contributed by atoms with Crippen molar-refractivity contribution in [2.75, 3.05) is 19.7 Å². The number of carbonyl (C=O) groups excluding carboxylic acids is 3. The van der Waals surface area contributed by atoms with Crippen LogP contribution in [0.4, 0.5) is 5.69 Å². The van der Waals surface area contributed by atoms with E-state index in [1.807, 2.05) is 0 Å². The van der Waals surface area contributed by atoms with Crippen molar-refractivity contribution >= 4 is 29.5 Å². The summed E-state index contributed by atoms with van der Waals surface area (Å²) >= 11 is 0. The molecule has 1 amide bonds. The van der Waals surface area contributed by atoms with E-state index >= 15 is 0 Å². The number of nitrogens with two attached hydrogens (primary N) is 2. The van der Waals surface area contributed by atoms with Crippen molar-refractivity contribution in [3.8, 4) is 5.75 Å². The number of likely N-dealkylation sites (tertiary alicyclic amines) is 1. The molecule has 2 aromatic carbocycles.